The molecule has 7 heteroatoms. The van der Waals surface area contributed by atoms with Gasteiger partial charge in [-0.05, 0) is 85.8 Å². The van der Waals surface area contributed by atoms with Crippen molar-refractivity contribution >= 4 is 11.9 Å². The summed E-state index contributed by atoms with van der Waals surface area (Å²) in [7, 11) is 3.20. The monoisotopic (exact) mass is 513 g/mol. The summed E-state index contributed by atoms with van der Waals surface area (Å²) in [5, 5.41) is 3.03. The van der Waals surface area contributed by atoms with Crippen LogP contribution in [0.2, 0.25) is 0 Å². The van der Waals surface area contributed by atoms with Gasteiger partial charge in [-0.3, -0.25) is 9.69 Å². The summed E-state index contributed by atoms with van der Waals surface area (Å²) in [6.45, 7) is 3.29. The number of likely N-dealkylation sites (tertiary alicyclic amines) is 1. The first kappa shape index (κ1) is 25.8. The average molecular weight is 514 g/mol. The molecule has 0 unspecified atom stereocenters. The maximum absolute atomic E-state index is 14.0. The molecule has 0 aromatic heterocycles. The largest absolute Gasteiger partial charge is 0.497 e. The molecule has 0 radical (unpaired) electrons. The number of methoxy groups -OCH3 is 2. The summed E-state index contributed by atoms with van der Waals surface area (Å²) in [4.78, 5) is 31.0. The smallest absolute Gasteiger partial charge is 0.325 e. The van der Waals surface area contributed by atoms with E-state index in [1.807, 2.05) is 48.5 Å². The zero-order chi connectivity index (χ0) is 26.5. The van der Waals surface area contributed by atoms with Crippen molar-refractivity contribution in [3.63, 3.8) is 0 Å². The van der Waals surface area contributed by atoms with Crippen molar-refractivity contribution in [1.82, 2.24) is 15.1 Å². The number of benzene rings is 3. The van der Waals surface area contributed by atoms with Gasteiger partial charge in [0.2, 0.25) is 0 Å². The number of ether oxygens (including phenoxy) is 2. The van der Waals surface area contributed by atoms with Crippen molar-refractivity contribution in [2.24, 2.45) is 0 Å². The van der Waals surface area contributed by atoms with Gasteiger partial charge in [-0.15, -0.1) is 0 Å². The van der Waals surface area contributed by atoms with Crippen LogP contribution in [0, 0.1) is 0 Å². The lowest BCUT2D eigenvalue weighted by atomic mass is 9.82. The molecule has 2 saturated heterocycles. The van der Waals surface area contributed by atoms with E-state index in [0.29, 0.717) is 35.1 Å². The van der Waals surface area contributed by atoms with E-state index in [1.54, 1.807) is 14.2 Å². The summed E-state index contributed by atoms with van der Waals surface area (Å²) in [5.41, 5.74) is 1.49. The van der Waals surface area contributed by atoms with E-state index in [-0.39, 0.29) is 11.9 Å². The van der Waals surface area contributed by atoms with Gasteiger partial charge in [0.25, 0.3) is 5.91 Å². The van der Waals surface area contributed by atoms with Crippen LogP contribution in [0.25, 0.3) is 0 Å². The van der Waals surface area contributed by atoms with Gasteiger partial charge in [0.1, 0.15) is 11.5 Å². The average Bonchev–Trinajstić information content (AvgIpc) is 3.24. The molecule has 0 atom stereocenters. The predicted molar refractivity (Wildman–Crippen MR) is 146 cm³/mol. The molecule has 198 valence electrons. The summed E-state index contributed by atoms with van der Waals surface area (Å²) >= 11 is 0. The molecule has 2 aliphatic rings. The molecular formula is C31H35N3O4. The molecule has 3 aromatic rings. The summed E-state index contributed by atoms with van der Waals surface area (Å²) in [6.07, 6.45) is 2.99. The molecular weight excluding hydrogens is 478 g/mol. The third-order valence-electron chi connectivity index (χ3n) is 7.87. The Morgan fingerprint density at radius 3 is 1.87 bits per heavy atom. The SMILES string of the molecule is COc1ccc(C2(c3ccc(OC)cc3)NC(=O)N(CCCN3CCC(c4ccccc4)CC3)C2=O)cc1. The molecule has 3 amide bonds. The standard InChI is InChI=1S/C31H35N3O4/c1-37-27-13-9-25(10-14-27)31(26-11-15-28(38-2)16-12-26)29(35)34(30(36)32-31)20-6-19-33-21-17-24(18-22-33)23-7-4-3-5-8-23/h3-5,7-16,24H,6,17-22H2,1-2H3,(H,32,36). The maximum atomic E-state index is 14.0. The number of hydrogen-bond acceptors (Lipinski definition) is 5. The van der Waals surface area contributed by atoms with Crippen LogP contribution in [0.4, 0.5) is 4.79 Å². The van der Waals surface area contributed by atoms with E-state index >= 15 is 0 Å². The van der Waals surface area contributed by atoms with Crippen molar-refractivity contribution in [1.29, 1.82) is 0 Å². The number of carbonyl (C=O) groups excluding carboxylic acids is 2. The Balaban J connectivity index is 1.28. The molecule has 2 heterocycles. The van der Waals surface area contributed by atoms with Crippen molar-refractivity contribution in [2.75, 3.05) is 40.4 Å². The third kappa shape index (κ3) is 4.98. The quantitative estimate of drug-likeness (QED) is 0.418. The molecule has 5 rings (SSSR count). The molecule has 7 nitrogen and oxygen atoms in total. The van der Waals surface area contributed by atoms with Crippen LogP contribution < -0.4 is 14.8 Å². The van der Waals surface area contributed by atoms with Crippen molar-refractivity contribution < 1.29 is 19.1 Å². The molecule has 3 aromatic carbocycles. The van der Waals surface area contributed by atoms with E-state index < -0.39 is 5.54 Å². The van der Waals surface area contributed by atoms with Crippen LogP contribution in [-0.2, 0) is 10.3 Å². The first-order chi connectivity index (χ1) is 18.5. The van der Waals surface area contributed by atoms with Gasteiger partial charge in [0, 0.05) is 6.54 Å². The first-order valence-corrected chi connectivity index (χ1v) is 13.3. The Labute approximate surface area is 224 Å². The predicted octanol–water partition coefficient (Wildman–Crippen LogP) is 4.77. The number of imide groups is 1. The second kappa shape index (κ2) is 11.3. The van der Waals surface area contributed by atoms with Gasteiger partial charge in [-0.2, -0.15) is 0 Å². The molecule has 2 fully saturated rings. The Kier molecular flexibility index (Phi) is 7.65. The Morgan fingerprint density at radius 2 is 1.34 bits per heavy atom. The van der Waals surface area contributed by atoms with Crippen LogP contribution in [0.15, 0.2) is 78.9 Å². The van der Waals surface area contributed by atoms with E-state index in [9.17, 15) is 9.59 Å². The summed E-state index contributed by atoms with van der Waals surface area (Å²) in [6, 6.07) is 24.9. The highest BCUT2D eigenvalue weighted by Gasteiger charge is 2.53. The Bertz CT molecular complexity index is 1190. The van der Waals surface area contributed by atoms with Crippen molar-refractivity contribution in [3.05, 3.63) is 95.6 Å². The van der Waals surface area contributed by atoms with Crippen LogP contribution in [0.5, 0.6) is 11.5 Å². The van der Waals surface area contributed by atoms with Gasteiger partial charge < -0.3 is 19.7 Å². The minimum atomic E-state index is -1.30. The summed E-state index contributed by atoms with van der Waals surface area (Å²) in [5.74, 6) is 1.71. The van der Waals surface area contributed by atoms with Gasteiger partial charge in [0.15, 0.2) is 5.54 Å². The highest BCUT2D eigenvalue weighted by Crippen LogP contribution is 2.37. The highest BCUT2D eigenvalue weighted by molar-refractivity contribution is 6.09. The number of amides is 3. The normalized spacial score (nSPS) is 17.9. The van der Waals surface area contributed by atoms with Gasteiger partial charge in [0.05, 0.1) is 14.2 Å². The number of nitrogens with zero attached hydrogens (tertiary/aromatic N) is 2. The molecule has 0 bridgehead atoms. The van der Waals surface area contributed by atoms with Crippen molar-refractivity contribution in [3.8, 4) is 11.5 Å². The van der Waals surface area contributed by atoms with Crippen LogP contribution in [-0.4, -0.2) is 62.1 Å². The lowest BCUT2D eigenvalue weighted by molar-refractivity contribution is -0.130. The molecule has 0 spiro atoms. The topological polar surface area (TPSA) is 71.1 Å². The number of carbonyl (C=O) groups is 2. The number of hydrogen-bond donors (Lipinski definition) is 1. The third-order valence-corrected chi connectivity index (χ3v) is 7.87. The van der Waals surface area contributed by atoms with Gasteiger partial charge in [-0.25, -0.2) is 4.79 Å². The summed E-state index contributed by atoms with van der Waals surface area (Å²) < 4.78 is 10.6. The molecule has 0 aliphatic carbocycles. The highest BCUT2D eigenvalue weighted by atomic mass is 16.5. The van der Waals surface area contributed by atoms with E-state index in [1.165, 1.54) is 10.5 Å². The van der Waals surface area contributed by atoms with Gasteiger partial charge >= 0.3 is 6.03 Å². The minimum Gasteiger partial charge on any atom is -0.497 e. The zero-order valence-corrected chi connectivity index (χ0v) is 22.1. The second-order valence-electron chi connectivity index (χ2n) is 9.97. The number of nitrogens with one attached hydrogen (secondary N) is 1. The van der Waals surface area contributed by atoms with Gasteiger partial charge in [-0.1, -0.05) is 54.6 Å². The van der Waals surface area contributed by atoms with E-state index in [0.717, 1.165) is 38.9 Å². The molecule has 1 N–H and O–H groups in total. The minimum absolute atomic E-state index is 0.263. The molecule has 0 saturated carbocycles. The fraction of sp³-hybridized carbons (Fsp3) is 0.355. The zero-order valence-electron chi connectivity index (χ0n) is 22.1. The molecule has 2 aliphatic heterocycles. The van der Waals surface area contributed by atoms with Crippen LogP contribution >= 0.6 is 0 Å². The second-order valence-corrected chi connectivity index (χ2v) is 9.97. The van der Waals surface area contributed by atoms with Crippen LogP contribution in [0.3, 0.4) is 0 Å². The fourth-order valence-corrected chi connectivity index (χ4v) is 5.69. The lowest BCUT2D eigenvalue weighted by Crippen LogP contribution is -2.45. The fourth-order valence-electron chi connectivity index (χ4n) is 5.69. The van der Waals surface area contributed by atoms with E-state index in [2.05, 4.69) is 40.5 Å². The maximum Gasteiger partial charge on any atom is 0.325 e. The lowest BCUT2D eigenvalue weighted by Gasteiger charge is -2.32. The Morgan fingerprint density at radius 1 is 0.789 bits per heavy atom. The number of rotatable bonds is 9. The number of piperidine rings is 1. The van der Waals surface area contributed by atoms with Crippen molar-refractivity contribution in [2.45, 2.75) is 30.7 Å². The number of urea groups is 1. The van der Waals surface area contributed by atoms with Crippen LogP contribution in [0.1, 0.15) is 41.9 Å². The Hall–Kier alpha value is -3.84. The van der Waals surface area contributed by atoms with E-state index in [4.69, 9.17) is 9.47 Å². The molecule has 38 heavy (non-hydrogen) atoms. The first-order valence-electron chi connectivity index (χ1n) is 13.3.